The summed E-state index contributed by atoms with van der Waals surface area (Å²) in [4.78, 5) is 14.2. The molecule has 0 radical (unpaired) electrons. The van der Waals surface area contributed by atoms with Crippen LogP contribution in [0, 0.1) is 0 Å². The van der Waals surface area contributed by atoms with Gasteiger partial charge in [0.2, 0.25) is 0 Å². The highest BCUT2D eigenvalue weighted by atomic mass is 35.5. The number of imidazole rings is 1. The van der Waals surface area contributed by atoms with E-state index in [4.69, 9.17) is 17.3 Å². The van der Waals surface area contributed by atoms with E-state index < -0.39 is 0 Å². The first-order valence-electron chi connectivity index (χ1n) is 5.20. The van der Waals surface area contributed by atoms with Gasteiger partial charge in [0.1, 0.15) is 0 Å². The summed E-state index contributed by atoms with van der Waals surface area (Å²) in [5, 5.41) is 0.602. The van der Waals surface area contributed by atoms with Crippen LogP contribution in [-0.2, 0) is 13.5 Å². The zero-order chi connectivity index (χ0) is 11.7. The van der Waals surface area contributed by atoms with Crippen LogP contribution in [0.15, 0.2) is 16.9 Å². The van der Waals surface area contributed by atoms with Crippen molar-refractivity contribution in [1.29, 1.82) is 0 Å². The van der Waals surface area contributed by atoms with E-state index in [0.29, 0.717) is 11.6 Å². The van der Waals surface area contributed by atoms with E-state index in [-0.39, 0.29) is 5.69 Å². The zero-order valence-electron chi connectivity index (χ0n) is 9.09. The Bertz CT molecular complexity index is 570. The van der Waals surface area contributed by atoms with Crippen molar-refractivity contribution in [1.82, 2.24) is 9.55 Å². The summed E-state index contributed by atoms with van der Waals surface area (Å²) >= 11 is 6.15. The molecule has 0 aliphatic heterocycles. The SMILES string of the molecule is Cn1c(=O)[nH]c2cc(CCCN)cc(Cl)c21. The molecule has 2 aromatic rings. The second-order valence-corrected chi connectivity index (χ2v) is 4.26. The molecule has 0 saturated heterocycles. The number of H-pyrrole nitrogens is 1. The van der Waals surface area contributed by atoms with Gasteiger partial charge < -0.3 is 10.7 Å². The average Bonchev–Trinajstić information content (AvgIpc) is 2.52. The number of aryl methyl sites for hydroxylation is 2. The van der Waals surface area contributed by atoms with Crippen LogP contribution in [0.5, 0.6) is 0 Å². The Labute approximate surface area is 98.0 Å². The van der Waals surface area contributed by atoms with Gasteiger partial charge in [-0.05, 0) is 37.1 Å². The molecule has 86 valence electrons. The van der Waals surface area contributed by atoms with Crippen LogP contribution in [0.2, 0.25) is 5.02 Å². The van der Waals surface area contributed by atoms with Crippen molar-refractivity contribution in [3.05, 3.63) is 33.2 Å². The van der Waals surface area contributed by atoms with Crippen LogP contribution < -0.4 is 11.4 Å². The predicted octanol–water partition coefficient (Wildman–Crippen LogP) is 1.41. The Kier molecular flexibility index (Phi) is 3.03. The number of nitrogens with one attached hydrogen (secondary N) is 1. The fourth-order valence-electron chi connectivity index (χ4n) is 1.84. The van der Waals surface area contributed by atoms with Gasteiger partial charge in [-0.3, -0.25) is 4.57 Å². The van der Waals surface area contributed by atoms with Gasteiger partial charge in [-0.25, -0.2) is 4.79 Å². The number of benzene rings is 1. The summed E-state index contributed by atoms with van der Waals surface area (Å²) in [5.41, 5.74) is 7.95. The van der Waals surface area contributed by atoms with Gasteiger partial charge in [-0.2, -0.15) is 0 Å². The van der Waals surface area contributed by atoms with Crippen molar-refractivity contribution in [2.45, 2.75) is 12.8 Å². The molecule has 2 rings (SSSR count). The second-order valence-electron chi connectivity index (χ2n) is 3.86. The van der Waals surface area contributed by atoms with Crippen LogP contribution in [0.4, 0.5) is 0 Å². The fourth-order valence-corrected chi connectivity index (χ4v) is 2.21. The Morgan fingerprint density at radius 3 is 2.94 bits per heavy atom. The minimum atomic E-state index is -0.145. The monoisotopic (exact) mass is 239 g/mol. The van der Waals surface area contributed by atoms with E-state index in [0.717, 1.165) is 29.4 Å². The number of halogens is 1. The Morgan fingerprint density at radius 1 is 1.50 bits per heavy atom. The number of fused-ring (bicyclic) bond motifs is 1. The third-order valence-electron chi connectivity index (χ3n) is 2.67. The largest absolute Gasteiger partial charge is 0.330 e. The highest BCUT2D eigenvalue weighted by molar-refractivity contribution is 6.35. The maximum Gasteiger partial charge on any atom is 0.326 e. The quantitative estimate of drug-likeness (QED) is 0.851. The lowest BCUT2D eigenvalue weighted by Crippen LogP contribution is -2.11. The van der Waals surface area contributed by atoms with Crippen molar-refractivity contribution < 1.29 is 0 Å². The Balaban J connectivity index is 2.55. The Morgan fingerprint density at radius 2 is 2.25 bits per heavy atom. The van der Waals surface area contributed by atoms with E-state index in [9.17, 15) is 4.79 Å². The molecule has 0 spiro atoms. The number of aromatic nitrogens is 2. The van der Waals surface area contributed by atoms with Crippen LogP contribution >= 0.6 is 11.6 Å². The molecule has 0 aliphatic carbocycles. The van der Waals surface area contributed by atoms with Crippen LogP contribution in [-0.4, -0.2) is 16.1 Å². The van der Waals surface area contributed by atoms with Gasteiger partial charge >= 0.3 is 5.69 Å². The molecule has 3 N–H and O–H groups in total. The minimum absolute atomic E-state index is 0.145. The summed E-state index contributed by atoms with van der Waals surface area (Å²) < 4.78 is 1.52. The van der Waals surface area contributed by atoms with Gasteiger partial charge in [0.15, 0.2) is 0 Å². The van der Waals surface area contributed by atoms with Gasteiger partial charge in [0, 0.05) is 7.05 Å². The molecule has 0 bridgehead atoms. The fraction of sp³-hybridized carbons (Fsp3) is 0.364. The lowest BCUT2D eigenvalue weighted by atomic mass is 10.1. The van der Waals surface area contributed by atoms with E-state index in [1.165, 1.54) is 4.57 Å². The summed E-state index contributed by atoms with van der Waals surface area (Å²) in [6, 6.07) is 3.85. The molecule has 1 aromatic carbocycles. The van der Waals surface area contributed by atoms with Crippen molar-refractivity contribution in [2.24, 2.45) is 12.8 Å². The van der Waals surface area contributed by atoms with Crippen molar-refractivity contribution in [3.63, 3.8) is 0 Å². The van der Waals surface area contributed by atoms with Gasteiger partial charge in [0.25, 0.3) is 0 Å². The second kappa shape index (κ2) is 4.31. The summed E-state index contributed by atoms with van der Waals surface area (Å²) in [5.74, 6) is 0. The van der Waals surface area contributed by atoms with Gasteiger partial charge in [-0.15, -0.1) is 0 Å². The number of nitrogens with two attached hydrogens (primary N) is 1. The first-order valence-corrected chi connectivity index (χ1v) is 5.58. The predicted molar refractivity (Wildman–Crippen MR) is 65.9 cm³/mol. The van der Waals surface area contributed by atoms with Crippen LogP contribution in [0.25, 0.3) is 11.0 Å². The molecular formula is C11H14ClN3O. The standard InChI is InChI=1S/C11H14ClN3O/c1-15-10-8(12)5-7(3-2-4-13)6-9(10)14-11(15)16/h5-6H,2-4,13H2,1H3,(H,14,16). The molecule has 0 unspecified atom stereocenters. The van der Waals surface area contributed by atoms with E-state index in [1.807, 2.05) is 12.1 Å². The normalized spacial score (nSPS) is 11.2. The third-order valence-corrected chi connectivity index (χ3v) is 2.96. The summed E-state index contributed by atoms with van der Waals surface area (Å²) in [7, 11) is 1.70. The topological polar surface area (TPSA) is 63.8 Å². The van der Waals surface area contributed by atoms with Gasteiger partial charge in [0.05, 0.1) is 16.1 Å². The molecule has 4 nitrogen and oxygen atoms in total. The lowest BCUT2D eigenvalue weighted by molar-refractivity contribution is 0.833. The molecule has 0 saturated carbocycles. The molecule has 0 aliphatic rings. The number of aromatic amines is 1. The zero-order valence-corrected chi connectivity index (χ0v) is 9.84. The van der Waals surface area contributed by atoms with E-state index in [1.54, 1.807) is 7.05 Å². The first-order chi connectivity index (χ1) is 7.63. The number of rotatable bonds is 3. The maximum absolute atomic E-state index is 11.4. The smallest absolute Gasteiger partial charge is 0.326 e. The summed E-state index contributed by atoms with van der Waals surface area (Å²) in [6.45, 7) is 0.654. The molecule has 0 fully saturated rings. The van der Waals surface area contributed by atoms with Crippen molar-refractivity contribution in [3.8, 4) is 0 Å². The van der Waals surface area contributed by atoms with Crippen LogP contribution in [0.1, 0.15) is 12.0 Å². The van der Waals surface area contributed by atoms with E-state index in [2.05, 4.69) is 4.98 Å². The van der Waals surface area contributed by atoms with Crippen molar-refractivity contribution in [2.75, 3.05) is 6.54 Å². The van der Waals surface area contributed by atoms with Crippen LogP contribution in [0.3, 0.4) is 0 Å². The first kappa shape index (κ1) is 11.2. The third kappa shape index (κ3) is 1.86. The summed E-state index contributed by atoms with van der Waals surface area (Å²) in [6.07, 6.45) is 1.79. The van der Waals surface area contributed by atoms with Crippen molar-refractivity contribution >= 4 is 22.6 Å². The number of hydrogen-bond acceptors (Lipinski definition) is 2. The molecule has 0 atom stereocenters. The maximum atomic E-state index is 11.4. The molecule has 5 heteroatoms. The number of hydrogen-bond donors (Lipinski definition) is 2. The Hall–Kier alpha value is -1.26. The average molecular weight is 240 g/mol. The molecule has 0 amide bonds. The van der Waals surface area contributed by atoms with Gasteiger partial charge in [-0.1, -0.05) is 11.6 Å². The molecule has 1 aromatic heterocycles. The molecular weight excluding hydrogens is 226 g/mol. The van der Waals surface area contributed by atoms with E-state index >= 15 is 0 Å². The molecule has 1 heterocycles. The lowest BCUT2D eigenvalue weighted by Gasteiger charge is -2.03. The number of nitrogens with zero attached hydrogens (tertiary/aromatic N) is 1. The molecule has 16 heavy (non-hydrogen) atoms. The highest BCUT2D eigenvalue weighted by Gasteiger charge is 2.08. The minimum Gasteiger partial charge on any atom is -0.330 e. The highest BCUT2D eigenvalue weighted by Crippen LogP contribution is 2.23.